The quantitative estimate of drug-likeness (QED) is 0.824. The van der Waals surface area contributed by atoms with Gasteiger partial charge in [-0.05, 0) is 50.9 Å². The van der Waals surface area contributed by atoms with Crippen molar-refractivity contribution in [2.24, 2.45) is 0 Å². The van der Waals surface area contributed by atoms with Gasteiger partial charge in [0.1, 0.15) is 0 Å². The van der Waals surface area contributed by atoms with Crippen LogP contribution in [0.2, 0.25) is 5.02 Å². The first-order valence-corrected chi connectivity index (χ1v) is 8.23. The van der Waals surface area contributed by atoms with Crippen LogP contribution in [0.1, 0.15) is 32.6 Å². The highest BCUT2D eigenvalue weighted by atomic mass is 35.5. The molecule has 1 atom stereocenters. The molecule has 1 aromatic heterocycles. The molecule has 1 aliphatic heterocycles. The zero-order valence-corrected chi connectivity index (χ0v) is 13.3. The number of nitrogens with zero attached hydrogens (tertiary/aromatic N) is 2. The molecular formula is C16H23ClN4. The molecule has 1 unspecified atom stereocenters. The number of fused-ring (bicyclic) bond motifs is 1. The minimum absolute atomic E-state index is 0.740. The fourth-order valence-corrected chi connectivity index (χ4v) is 3.27. The summed E-state index contributed by atoms with van der Waals surface area (Å²) in [6, 6.07) is 6.54. The summed E-state index contributed by atoms with van der Waals surface area (Å²) in [4.78, 5) is 2.60. The van der Waals surface area contributed by atoms with Gasteiger partial charge in [0.05, 0.1) is 5.52 Å². The molecule has 1 aromatic carbocycles. The number of hydrogen-bond donors (Lipinski definition) is 2. The van der Waals surface area contributed by atoms with E-state index in [0.29, 0.717) is 0 Å². The van der Waals surface area contributed by atoms with Crippen LogP contribution in [0.4, 0.5) is 5.82 Å². The Balaban J connectivity index is 1.51. The Bertz CT molecular complexity index is 595. The molecule has 0 radical (unpaired) electrons. The van der Waals surface area contributed by atoms with Crippen molar-refractivity contribution in [3.05, 3.63) is 23.2 Å². The number of rotatable bonds is 5. The Morgan fingerprint density at radius 1 is 1.43 bits per heavy atom. The second-order valence-electron chi connectivity index (χ2n) is 5.92. The van der Waals surface area contributed by atoms with Gasteiger partial charge in [-0.1, -0.05) is 18.0 Å². The zero-order chi connectivity index (χ0) is 14.7. The number of hydrogen-bond acceptors (Lipinski definition) is 3. The van der Waals surface area contributed by atoms with E-state index in [4.69, 9.17) is 11.6 Å². The summed E-state index contributed by atoms with van der Waals surface area (Å²) in [6.07, 6.45) is 5.21. The SMILES string of the molecule is CC1CCCCN1CCCNc1n[nH]c2ccc(Cl)cc12. The smallest absolute Gasteiger partial charge is 0.155 e. The second-order valence-corrected chi connectivity index (χ2v) is 6.36. The Morgan fingerprint density at radius 3 is 3.19 bits per heavy atom. The molecule has 0 amide bonds. The minimum Gasteiger partial charge on any atom is -0.368 e. The largest absolute Gasteiger partial charge is 0.368 e. The highest BCUT2D eigenvalue weighted by Crippen LogP contribution is 2.24. The first-order chi connectivity index (χ1) is 10.2. The average molecular weight is 307 g/mol. The average Bonchev–Trinajstić information content (AvgIpc) is 2.88. The number of aromatic amines is 1. The van der Waals surface area contributed by atoms with Gasteiger partial charge in [-0.25, -0.2) is 0 Å². The summed E-state index contributed by atoms with van der Waals surface area (Å²) < 4.78 is 0. The molecule has 2 heterocycles. The van der Waals surface area contributed by atoms with Gasteiger partial charge in [0.2, 0.25) is 0 Å². The van der Waals surface area contributed by atoms with Gasteiger partial charge >= 0.3 is 0 Å². The minimum atomic E-state index is 0.740. The van der Waals surface area contributed by atoms with Gasteiger partial charge in [0.25, 0.3) is 0 Å². The molecule has 3 rings (SSSR count). The predicted octanol–water partition coefficient (Wildman–Crippen LogP) is 3.89. The van der Waals surface area contributed by atoms with Crippen LogP contribution >= 0.6 is 11.6 Å². The Labute approximate surface area is 130 Å². The van der Waals surface area contributed by atoms with E-state index in [-0.39, 0.29) is 0 Å². The van der Waals surface area contributed by atoms with Crippen LogP contribution in [0.15, 0.2) is 18.2 Å². The number of likely N-dealkylation sites (tertiary alicyclic amines) is 1. The molecule has 2 N–H and O–H groups in total. The van der Waals surface area contributed by atoms with Crippen LogP contribution in [-0.2, 0) is 0 Å². The Hall–Kier alpha value is -1.26. The molecular weight excluding hydrogens is 284 g/mol. The molecule has 2 aromatic rings. The molecule has 1 fully saturated rings. The second kappa shape index (κ2) is 6.67. The fraction of sp³-hybridized carbons (Fsp3) is 0.562. The molecule has 1 saturated heterocycles. The van der Waals surface area contributed by atoms with Crippen molar-refractivity contribution in [1.29, 1.82) is 0 Å². The van der Waals surface area contributed by atoms with Crippen molar-refractivity contribution in [2.75, 3.05) is 25.0 Å². The number of H-pyrrole nitrogens is 1. The first-order valence-electron chi connectivity index (χ1n) is 7.85. The van der Waals surface area contributed by atoms with Crippen LogP contribution in [0.3, 0.4) is 0 Å². The first kappa shape index (κ1) is 14.7. The normalized spacial score (nSPS) is 20.0. The molecule has 1 aliphatic rings. The molecule has 0 saturated carbocycles. The maximum Gasteiger partial charge on any atom is 0.155 e. The van der Waals surface area contributed by atoms with Crippen molar-refractivity contribution in [3.63, 3.8) is 0 Å². The van der Waals surface area contributed by atoms with E-state index in [9.17, 15) is 0 Å². The molecule has 0 bridgehead atoms. The molecule has 0 spiro atoms. The van der Waals surface area contributed by atoms with Crippen molar-refractivity contribution < 1.29 is 0 Å². The van der Waals surface area contributed by atoms with E-state index >= 15 is 0 Å². The van der Waals surface area contributed by atoms with Crippen molar-refractivity contribution in [2.45, 2.75) is 38.6 Å². The maximum atomic E-state index is 6.05. The monoisotopic (exact) mass is 306 g/mol. The van der Waals surface area contributed by atoms with Crippen LogP contribution in [0, 0.1) is 0 Å². The number of benzene rings is 1. The number of anilines is 1. The fourth-order valence-electron chi connectivity index (χ4n) is 3.10. The van der Waals surface area contributed by atoms with Crippen molar-refractivity contribution in [1.82, 2.24) is 15.1 Å². The number of aromatic nitrogens is 2. The maximum absolute atomic E-state index is 6.05. The van der Waals surface area contributed by atoms with E-state index in [1.54, 1.807) is 0 Å². The third-order valence-electron chi connectivity index (χ3n) is 4.38. The Kier molecular flexibility index (Phi) is 4.66. The highest BCUT2D eigenvalue weighted by molar-refractivity contribution is 6.31. The van der Waals surface area contributed by atoms with E-state index in [1.807, 2.05) is 18.2 Å². The highest BCUT2D eigenvalue weighted by Gasteiger charge is 2.17. The zero-order valence-electron chi connectivity index (χ0n) is 12.5. The lowest BCUT2D eigenvalue weighted by molar-refractivity contribution is 0.160. The van der Waals surface area contributed by atoms with Crippen LogP contribution < -0.4 is 5.32 Å². The predicted molar refractivity (Wildman–Crippen MR) is 89.1 cm³/mol. The van der Waals surface area contributed by atoms with Crippen LogP contribution in [-0.4, -0.2) is 40.8 Å². The summed E-state index contributed by atoms with van der Waals surface area (Å²) in [5, 5.41) is 12.6. The molecule has 114 valence electrons. The van der Waals surface area contributed by atoms with Gasteiger partial charge < -0.3 is 10.2 Å². The third-order valence-corrected chi connectivity index (χ3v) is 4.62. The number of piperidine rings is 1. The number of nitrogens with one attached hydrogen (secondary N) is 2. The van der Waals surface area contributed by atoms with Crippen molar-refractivity contribution >= 4 is 28.3 Å². The van der Waals surface area contributed by atoms with Gasteiger partial charge in [-0.2, -0.15) is 5.10 Å². The van der Waals surface area contributed by atoms with E-state index in [0.717, 1.165) is 47.3 Å². The summed E-state index contributed by atoms with van der Waals surface area (Å²) >= 11 is 6.05. The lowest BCUT2D eigenvalue weighted by Gasteiger charge is -2.33. The van der Waals surface area contributed by atoms with E-state index in [2.05, 4.69) is 27.3 Å². The molecule has 0 aliphatic carbocycles. The van der Waals surface area contributed by atoms with Gasteiger partial charge in [-0.15, -0.1) is 0 Å². The summed E-state index contributed by atoms with van der Waals surface area (Å²) in [5.74, 6) is 0.902. The molecule has 4 nitrogen and oxygen atoms in total. The summed E-state index contributed by atoms with van der Waals surface area (Å²) in [5.41, 5.74) is 1.02. The lowest BCUT2D eigenvalue weighted by atomic mass is 10.0. The van der Waals surface area contributed by atoms with E-state index < -0.39 is 0 Å². The van der Waals surface area contributed by atoms with Gasteiger partial charge in [0.15, 0.2) is 5.82 Å². The van der Waals surface area contributed by atoms with Crippen LogP contribution in [0.5, 0.6) is 0 Å². The van der Waals surface area contributed by atoms with Gasteiger partial charge in [-0.3, -0.25) is 5.10 Å². The molecule has 5 heteroatoms. The standard InChI is InChI=1S/C16H23ClN4/c1-12-5-2-3-9-21(12)10-4-8-18-16-14-11-13(17)6-7-15(14)19-20-16/h6-7,11-12H,2-5,8-10H2,1H3,(H2,18,19,20). The topological polar surface area (TPSA) is 44.0 Å². The van der Waals surface area contributed by atoms with Crippen molar-refractivity contribution in [3.8, 4) is 0 Å². The summed E-state index contributed by atoms with van der Waals surface area (Å²) in [6.45, 7) is 5.70. The summed E-state index contributed by atoms with van der Waals surface area (Å²) in [7, 11) is 0. The van der Waals surface area contributed by atoms with Gasteiger partial charge in [0, 0.05) is 29.5 Å². The van der Waals surface area contributed by atoms with Crippen LogP contribution in [0.25, 0.3) is 10.9 Å². The lowest BCUT2D eigenvalue weighted by Crippen LogP contribution is -2.38. The Morgan fingerprint density at radius 2 is 2.33 bits per heavy atom. The molecule has 21 heavy (non-hydrogen) atoms. The third kappa shape index (κ3) is 3.50. The number of halogens is 1. The van der Waals surface area contributed by atoms with E-state index in [1.165, 1.54) is 25.8 Å².